The predicted molar refractivity (Wildman–Crippen MR) is 97.7 cm³/mol. The van der Waals surface area contributed by atoms with E-state index in [4.69, 9.17) is 4.74 Å². The van der Waals surface area contributed by atoms with Crippen LogP contribution in [-0.2, 0) is 11.3 Å². The second-order valence-corrected chi connectivity index (χ2v) is 6.01. The number of hydrogen-bond donors (Lipinski definition) is 3. The van der Waals surface area contributed by atoms with Crippen molar-refractivity contribution in [2.24, 2.45) is 5.92 Å². The molecule has 1 atom stereocenters. The Morgan fingerprint density at radius 3 is 2.84 bits per heavy atom. The third-order valence-electron chi connectivity index (χ3n) is 4.27. The number of benzene rings is 1. The van der Waals surface area contributed by atoms with Gasteiger partial charge in [-0.1, -0.05) is 0 Å². The highest BCUT2D eigenvalue weighted by molar-refractivity contribution is 5.85. The quantitative estimate of drug-likeness (QED) is 0.697. The molecule has 1 saturated heterocycles. The number of nitrogens with zero attached hydrogens (tertiary/aromatic N) is 2. The molecule has 136 valence electrons. The molecule has 7 nitrogen and oxygen atoms in total. The minimum Gasteiger partial charge on any atom is -0.497 e. The summed E-state index contributed by atoms with van der Waals surface area (Å²) in [6.45, 7) is 2.46. The summed E-state index contributed by atoms with van der Waals surface area (Å²) in [6.07, 6.45) is 2.67. The zero-order chi connectivity index (χ0) is 16.8. The van der Waals surface area contributed by atoms with E-state index < -0.39 is 0 Å². The van der Waals surface area contributed by atoms with Crippen molar-refractivity contribution in [1.82, 2.24) is 25.8 Å². The molecule has 1 aliphatic rings. The van der Waals surface area contributed by atoms with Crippen molar-refractivity contribution in [1.29, 1.82) is 0 Å². The van der Waals surface area contributed by atoms with Gasteiger partial charge in [0.2, 0.25) is 5.91 Å². The summed E-state index contributed by atoms with van der Waals surface area (Å²) in [7, 11) is 1.63. The molecule has 2 aromatic rings. The summed E-state index contributed by atoms with van der Waals surface area (Å²) in [4.78, 5) is 16.3. The van der Waals surface area contributed by atoms with Crippen LogP contribution in [0.2, 0.25) is 0 Å². The number of aromatic nitrogens is 3. The van der Waals surface area contributed by atoms with E-state index in [9.17, 15) is 4.79 Å². The largest absolute Gasteiger partial charge is 0.497 e. The van der Waals surface area contributed by atoms with Gasteiger partial charge in [-0.2, -0.15) is 5.10 Å². The van der Waals surface area contributed by atoms with Crippen LogP contribution in [0, 0.1) is 5.92 Å². The maximum Gasteiger partial charge on any atom is 0.220 e. The fraction of sp³-hybridized carbons (Fsp3) is 0.471. The van der Waals surface area contributed by atoms with Crippen molar-refractivity contribution in [3.63, 3.8) is 0 Å². The lowest BCUT2D eigenvalue weighted by atomic mass is 10.0. The number of nitrogens with one attached hydrogen (secondary N) is 3. The summed E-state index contributed by atoms with van der Waals surface area (Å²) in [5.74, 6) is 2.74. The van der Waals surface area contributed by atoms with Crippen molar-refractivity contribution in [2.75, 3.05) is 20.2 Å². The first-order valence-corrected chi connectivity index (χ1v) is 8.27. The number of rotatable bonds is 7. The van der Waals surface area contributed by atoms with Crippen molar-refractivity contribution >= 4 is 18.3 Å². The Kier molecular flexibility index (Phi) is 7.21. The predicted octanol–water partition coefficient (Wildman–Crippen LogP) is 1.91. The number of amides is 1. The Morgan fingerprint density at radius 2 is 2.16 bits per heavy atom. The molecule has 0 aliphatic carbocycles. The van der Waals surface area contributed by atoms with E-state index in [0.717, 1.165) is 30.8 Å². The molecule has 8 heteroatoms. The van der Waals surface area contributed by atoms with Gasteiger partial charge in [0.1, 0.15) is 11.6 Å². The first-order valence-electron chi connectivity index (χ1n) is 8.27. The number of aromatic amines is 1. The van der Waals surface area contributed by atoms with Crippen molar-refractivity contribution in [3.8, 4) is 17.1 Å². The zero-order valence-electron chi connectivity index (χ0n) is 14.2. The van der Waals surface area contributed by atoms with Crippen LogP contribution in [0.1, 0.15) is 25.1 Å². The molecule has 0 radical (unpaired) electrons. The third-order valence-corrected chi connectivity index (χ3v) is 4.27. The standard InChI is InChI=1S/C17H23N5O2.ClH/c1-24-14-5-3-13(4-6-14)17-20-15(21-22-17)11-19-16(23)7-2-12-8-9-18-10-12;/h3-6,12,18H,2,7-11H2,1H3,(H,19,23)(H,20,21,22);1H. The summed E-state index contributed by atoms with van der Waals surface area (Å²) in [5, 5.41) is 13.3. The molecule has 1 aromatic heterocycles. The molecule has 1 unspecified atom stereocenters. The summed E-state index contributed by atoms with van der Waals surface area (Å²) < 4.78 is 5.13. The molecule has 0 spiro atoms. The highest BCUT2D eigenvalue weighted by atomic mass is 35.5. The SMILES string of the molecule is COc1ccc(-c2n[nH]c(CNC(=O)CCC3CCNC3)n2)cc1.Cl. The van der Waals surface area contributed by atoms with E-state index in [1.54, 1.807) is 7.11 Å². The van der Waals surface area contributed by atoms with Gasteiger partial charge in [-0.05, 0) is 56.1 Å². The minimum atomic E-state index is 0. The first-order chi connectivity index (χ1) is 11.7. The normalized spacial score (nSPS) is 16.3. The fourth-order valence-corrected chi connectivity index (χ4v) is 2.81. The van der Waals surface area contributed by atoms with Crippen LogP contribution in [0.25, 0.3) is 11.4 Å². The molecular formula is C17H24ClN5O2. The number of carbonyl (C=O) groups is 1. The van der Waals surface area contributed by atoms with Gasteiger partial charge in [-0.3, -0.25) is 9.89 Å². The summed E-state index contributed by atoms with van der Waals surface area (Å²) in [6, 6.07) is 7.54. The van der Waals surface area contributed by atoms with Crippen LogP contribution in [0.5, 0.6) is 5.75 Å². The van der Waals surface area contributed by atoms with E-state index in [1.807, 2.05) is 24.3 Å². The van der Waals surface area contributed by atoms with E-state index >= 15 is 0 Å². The van der Waals surface area contributed by atoms with Crippen LogP contribution in [0.15, 0.2) is 24.3 Å². The van der Waals surface area contributed by atoms with Crippen LogP contribution in [-0.4, -0.2) is 41.3 Å². The van der Waals surface area contributed by atoms with Crippen LogP contribution in [0.4, 0.5) is 0 Å². The fourth-order valence-electron chi connectivity index (χ4n) is 2.81. The lowest BCUT2D eigenvalue weighted by Crippen LogP contribution is -2.24. The Hall–Kier alpha value is -2.12. The van der Waals surface area contributed by atoms with Gasteiger partial charge in [0.15, 0.2) is 5.82 Å². The monoisotopic (exact) mass is 365 g/mol. The van der Waals surface area contributed by atoms with Gasteiger partial charge < -0.3 is 15.4 Å². The summed E-state index contributed by atoms with van der Waals surface area (Å²) >= 11 is 0. The first kappa shape index (κ1) is 19.2. The minimum absolute atomic E-state index is 0. The smallest absolute Gasteiger partial charge is 0.220 e. The van der Waals surface area contributed by atoms with Gasteiger partial charge >= 0.3 is 0 Å². The van der Waals surface area contributed by atoms with Gasteiger partial charge in [-0.25, -0.2) is 4.98 Å². The molecular weight excluding hydrogens is 342 g/mol. The van der Waals surface area contributed by atoms with Gasteiger partial charge in [0.05, 0.1) is 13.7 Å². The molecule has 1 amide bonds. The topological polar surface area (TPSA) is 91.9 Å². The number of halogens is 1. The molecule has 1 fully saturated rings. The highest BCUT2D eigenvalue weighted by Crippen LogP contribution is 2.19. The molecule has 0 bridgehead atoms. The Balaban J connectivity index is 0.00000225. The average molecular weight is 366 g/mol. The molecule has 0 saturated carbocycles. The number of H-pyrrole nitrogens is 1. The molecule has 3 rings (SSSR count). The van der Waals surface area contributed by atoms with Gasteiger partial charge in [0.25, 0.3) is 0 Å². The van der Waals surface area contributed by atoms with Gasteiger partial charge in [0, 0.05) is 12.0 Å². The van der Waals surface area contributed by atoms with E-state index in [0.29, 0.717) is 30.5 Å². The van der Waals surface area contributed by atoms with E-state index in [2.05, 4.69) is 25.8 Å². The third kappa shape index (κ3) is 5.44. The zero-order valence-corrected chi connectivity index (χ0v) is 15.1. The van der Waals surface area contributed by atoms with E-state index in [1.165, 1.54) is 6.42 Å². The van der Waals surface area contributed by atoms with Crippen LogP contribution in [0.3, 0.4) is 0 Å². The highest BCUT2D eigenvalue weighted by Gasteiger charge is 2.15. The Labute approximate surface area is 153 Å². The average Bonchev–Trinajstić information content (AvgIpc) is 3.30. The Morgan fingerprint density at radius 1 is 1.36 bits per heavy atom. The van der Waals surface area contributed by atoms with Gasteiger partial charge in [-0.15, -0.1) is 12.4 Å². The van der Waals surface area contributed by atoms with Crippen LogP contribution >= 0.6 is 12.4 Å². The van der Waals surface area contributed by atoms with Crippen LogP contribution < -0.4 is 15.4 Å². The number of ether oxygens (including phenoxy) is 1. The molecule has 25 heavy (non-hydrogen) atoms. The second-order valence-electron chi connectivity index (χ2n) is 6.01. The summed E-state index contributed by atoms with van der Waals surface area (Å²) in [5.41, 5.74) is 0.901. The lowest BCUT2D eigenvalue weighted by Gasteiger charge is -2.07. The number of methoxy groups -OCH3 is 1. The maximum absolute atomic E-state index is 11.9. The molecule has 3 N–H and O–H groups in total. The number of hydrogen-bond acceptors (Lipinski definition) is 5. The van der Waals surface area contributed by atoms with E-state index in [-0.39, 0.29) is 18.3 Å². The number of carbonyl (C=O) groups excluding carboxylic acids is 1. The molecule has 1 aliphatic heterocycles. The molecule has 2 heterocycles. The maximum atomic E-state index is 11.9. The second kappa shape index (κ2) is 9.39. The van der Waals surface area contributed by atoms with Crippen molar-refractivity contribution < 1.29 is 9.53 Å². The van der Waals surface area contributed by atoms with Crippen molar-refractivity contribution in [2.45, 2.75) is 25.8 Å². The Bertz CT molecular complexity index is 668. The van der Waals surface area contributed by atoms with Crippen molar-refractivity contribution in [3.05, 3.63) is 30.1 Å². The molecule has 1 aromatic carbocycles. The lowest BCUT2D eigenvalue weighted by molar-refractivity contribution is -0.121.